The van der Waals surface area contributed by atoms with Gasteiger partial charge in [-0.1, -0.05) is 5.16 Å². The van der Waals surface area contributed by atoms with E-state index in [1.807, 2.05) is 29.9 Å². The van der Waals surface area contributed by atoms with Gasteiger partial charge in [-0.3, -0.25) is 14.5 Å². The number of pyridine rings is 1. The number of β-lactam (4-membered cyclic amide) rings is 1. The molecule has 15 nitrogen and oxygen atoms in total. The van der Waals surface area contributed by atoms with Gasteiger partial charge >= 0.3 is 11.6 Å². The highest BCUT2D eigenvalue weighted by atomic mass is 79.9. The van der Waals surface area contributed by atoms with Gasteiger partial charge < -0.3 is 64.8 Å². The minimum Gasteiger partial charge on any atom is -1.00 e. The molecule has 1 unspecified atom stereocenters. The molecule has 3 aromatic heterocycles. The normalized spacial score (nSPS) is 18.0. The molecule has 5 N–H and O–H groups in total. The summed E-state index contributed by atoms with van der Waals surface area (Å²) in [6.07, 6.45) is 4.56. The predicted octanol–water partition coefficient (Wildman–Crippen LogP) is -6.45. The number of aryl methyl sites for hydroxylation is 1. The zero-order chi connectivity index (χ0) is 29.1. The lowest BCUT2D eigenvalue weighted by molar-refractivity contribution is -0.664. The number of carboxylic acids is 1. The smallest absolute Gasteiger partial charge is 0.352 e. The van der Waals surface area contributed by atoms with Crippen LogP contribution in [0.25, 0.3) is 11.2 Å². The Morgan fingerprint density at radius 1 is 1.35 bits per heavy atom. The van der Waals surface area contributed by atoms with E-state index in [1.165, 1.54) is 16.7 Å². The third-order valence-electron chi connectivity index (χ3n) is 6.53. The molecule has 2 atom stereocenters. The largest absolute Gasteiger partial charge is 1.00 e. The van der Waals surface area contributed by atoms with Gasteiger partial charge in [0.15, 0.2) is 5.13 Å². The van der Waals surface area contributed by atoms with Gasteiger partial charge in [0.1, 0.15) is 35.8 Å². The fourth-order valence-corrected chi connectivity index (χ4v) is 6.45. The summed E-state index contributed by atoms with van der Waals surface area (Å²) in [5, 5.41) is 19.2. The third-order valence-corrected chi connectivity index (χ3v) is 8.41. The number of carbonyl (C=O) groups excluding carboxylic acids is 2. The highest BCUT2D eigenvalue weighted by Gasteiger charge is 2.54. The molecule has 2 aliphatic heterocycles. The monoisotopic (exact) mass is 759 g/mol. The minimum atomic E-state index is -1.21. The van der Waals surface area contributed by atoms with E-state index < -0.39 is 29.2 Å². The standard InChI is InChI=1S/C24H28N10O5S2.2BrH/c1-3-39-30-15(18-29-24(25)41-31-18)20(35)28-16-21(36)34-17(23(37)38)13(11-40-22(16)34)10-32-8-4-6-14-19(32)27-12-33(14)9-5-7-26-2;;/h4,6,8,12,16,22,26H,3,5,7,9-11H2,1-2H3,(H3-,25,28,29,31,35,37,38);2*1H/p-1/b30-15-;;/t16-,22?;;/m1../s1. The molecule has 1 saturated heterocycles. The maximum atomic E-state index is 13.2. The quantitative estimate of drug-likeness (QED) is 0.0451. The second-order valence-electron chi connectivity index (χ2n) is 9.17. The Morgan fingerprint density at radius 3 is 2.81 bits per heavy atom. The molecular weight excluding hydrogens is 732 g/mol. The molecule has 0 aromatic carbocycles. The molecule has 0 aliphatic carbocycles. The highest BCUT2D eigenvalue weighted by molar-refractivity contribution is 8.00. The number of hydrogen-bond acceptors (Lipinski definition) is 12. The number of nitrogens with two attached hydrogens (primary N) is 1. The fraction of sp³-hybridized carbons (Fsp3) is 0.417. The van der Waals surface area contributed by atoms with Crippen LogP contribution in [0, 0.1) is 0 Å². The molecule has 1 fully saturated rings. The number of amides is 2. The zero-order valence-corrected chi connectivity index (χ0v) is 27.9. The number of nitrogen functional groups attached to an aromatic ring is 1. The van der Waals surface area contributed by atoms with Crippen LogP contribution in [0.2, 0.25) is 0 Å². The molecule has 19 heteroatoms. The first-order valence-electron chi connectivity index (χ1n) is 12.8. The fourth-order valence-electron chi connectivity index (χ4n) is 4.68. The number of nitrogens with zero attached hydrogens (tertiary/aromatic N) is 7. The maximum absolute atomic E-state index is 13.2. The number of thioether (sulfide) groups is 1. The number of nitrogens with one attached hydrogen (secondary N) is 2. The number of carboxylic acid groups (broad SMARTS) is 1. The van der Waals surface area contributed by atoms with Crippen LogP contribution in [0.3, 0.4) is 0 Å². The molecular formula is C24H29Br2N10O5S2-. The molecule has 5 heterocycles. The third kappa shape index (κ3) is 7.00. The van der Waals surface area contributed by atoms with Gasteiger partial charge in [-0.25, -0.2) is 9.36 Å². The van der Waals surface area contributed by atoms with Crippen LogP contribution in [-0.4, -0.2) is 89.8 Å². The summed E-state index contributed by atoms with van der Waals surface area (Å²) >= 11 is 2.26. The number of hydrogen-bond donors (Lipinski definition) is 4. The van der Waals surface area contributed by atoms with Gasteiger partial charge in [0, 0.05) is 29.4 Å². The summed E-state index contributed by atoms with van der Waals surface area (Å²) in [5.74, 6) is -2.16. The van der Waals surface area contributed by atoms with Gasteiger partial charge in [0.2, 0.25) is 17.9 Å². The summed E-state index contributed by atoms with van der Waals surface area (Å²) in [6, 6.07) is 2.90. The Kier molecular flexibility index (Phi) is 12.0. The lowest BCUT2D eigenvalue weighted by Crippen LogP contribution is -3.00. The maximum Gasteiger partial charge on any atom is 0.352 e. The lowest BCUT2D eigenvalue weighted by atomic mass is 10.0. The summed E-state index contributed by atoms with van der Waals surface area (Å²) in [4.78, 5) is 53.5. The van der Waals surface area contributed by atoms with Crippen molar-refractivity contribution in [3.05, 3.63) is 41.8 Å². The molecule has 43 heavy (non-hydrogen) atoms. The topological polar surface area (TPSA) is 194 Å². The number of rotatable bonds is 12. The number of halogens is 2. The van der Waals surface area contributed by atoms with E-state index in [4.69, 9.17) is 10.6 Å². The molecule has 0 spiro atoms. The second kappa shape index (κ2) is 15.0. The SMILES string of the molecule is CCO/N=C(\C(=O)N[C@@H]1C(=O)N2C(C(=O)O)=C(C[n+]3cccc4c3ncn4CCCNC)CSC12)c1nsc(N)n1.[Br-].[Br-]. The molecule has 0 saturated carbocycles. The van der Waals surface area contributed by atoms with E-state index in [0.717, 1.165) is 42.2 Å². The average molecular weight is 762 g/mol. The first-order valence-corrected chi connectivity index (χ1v) is 14.6. The Labute approximate surface area is 275 Å². The second-order valence-corrected chi connectivity index (χ2v) is 11.1. The van der Waals surface area contributed by atoms with Crippen LogP contribution in [0.1, 0.15) is 19.2 Å². The van der Waals surface area contributed by atoms with Crippen molar-refractivity contribution < 1.29 is 62.9 Å². The van der Waals surface area contributed by atoms with Gasteiger partial charge in [0.25, 0.3) is 11.8 Å². The van der Waals surface area contributed by atoms with Crippen molar-refractivity contribution in [1.29, 1.82) is 0 Å². The highest BCUT2D eigenvalue weighted by Crippen LogP contribution is 2.40. The zero-order valence-electron chi connectivity index (χ0n) is 23.1. The Morgan fingerprint density at radius 2 is 2.14 bits per heavy atom. The molecule has 232 valence electrons. The number of oxime groups is 1. The number of aromatic nitrogens is 5. The van der Waals surface area contributed by atoms with Crippen molar-refractivity contribution in [3.63, 3.8) is 0 Å². The molecule has 0 radical (unpaired) electrons. The van der Waals surface area contributed by atoms with Crippen LogP contribution >= 0.6 is 23.3 Å². The van der Waals surface area contributed by atoms with Gasteiger partial charge in [0.05, 0.1) is 6.20 Å². The first-order chi connectivity index (χ1) is 19.8. The van der Waals surface area contributed by atoms with E-state index in [1.54, 1.807) is 13.3 Å². The van der Waals surface area contributed by atoms with Crippen LogP contribution in [0.15, 0.2) is 41.1 Å². The van der Waals surface area contributed by atoms with Crippen LogP contribution < -0.4 is 54.9 Å². The number of anilines is 1. The van der Waals surface area contributed by atoms with Crippen molar-refractivity contribution in [2.75, 3.05) is 31.7 Å². The average Bonchev–Trinajstić information content (AvgIpc) is 3.58. The van der Waals surface area contributed by atoms with Crippen LogP contribution in [0.4, 0.5) is 5.13 Å². The van der Waals surface area contributed by atoms with Crippen molar-refractivity contribution in [2.24, 2.45) is 5.16 Å². The van der Waals surface area contributed by atoms with Gasteiger partial charge in [-0.15, -0.1) is 11.8 Å². The van der Waals surface area contributed by atoms with E-state index in [9.17, 15) is 19.5 Å². The number of imidazole rings is 1. The first kappa shape index (κ1) is 34.4. The van der Waals surface area contributed by atoms with E-state index >= 15 is 0 Å². The summed E-state index contributed by atoms with van der Waals surface area (Å²) in [5.41, 5.74) is 7.56. The van der Waals surface area contributed by atoms with Crippen LogP contribution in [0.5, 0.6) is 0 Å². The Bertz CT molecular complexity index is 1560. The summed E-state index contributed by atoms with van der Waals surface area (Å²) < 4.78 is 7.95. The molecule has 5 rings (SSSR count). The Hall–Kier alpha value is -3.13. The molecule has 3 aromatic rings. The van der Waals surface area contributed by atoms with E-state index in [-0.39, 0.29) is 69.5 Å². The minimum absolute atomic E-state index is 0. The van der Waals surface area contributed by atoms with E-state index in [0.29, 0.717) is 11.3 Å². The van der Waals surface area contributed by atoms with Crippen molar-refractivity contribution in [3.8, 4) is 0 Å². The summed E-state index contributed by atoms with van der Waals surface area (Å²) in [7, 11) is 1.91. The molecule has 2 aliphatic rings. The number of aliphatic carboxylic acids is 1. The van der Waals surface area contributed by atoms with E-state index in [2.05, 4.69) is 34.7 Å². The predicted molar refractivity (Wildman–Crippen MR) is 151 cm³/mol. The molecule has 0 bridgehead atoms. The van der Waals surface area contributed by atoms with Crippen molar-refractivity contribution >= 4 is 63.1 Å². The summed E-state index contributed by atoms with van der Waals surface area (Å²) in [6.45, 7) is 3.81. The van der Waals surface area contributed by atoms with Crippen LogP contribution in [-0.2, 0) is 32.3 Å². The Balaban J connectivity index is 0.00000253. The van der Waals surface area contributed by atoms with Crippen molar-refractivity contribution in [1.82, 2.24) is 34.4 Å². The number of carbonyl (C=O) groups is 3. The van der Waals surface area contributed by atoms with Gasteiger partial charge in [-0.2, -0.15) is 9.36 Å². The van der Waals surface area contributed by atoms with Crippen molar-refractivity contribution in [2.45, 2.75) is 37.8 Å². The molecule has 2 amide bonds. The van der Waals surface area contributed by atoms with Gasteiger partial charge in [-0.05, 0) is 44.1 Å². The lowest BCUT2D eigenvalue weighted by Gasteiger charge is -2.49. The number of fused-ring (bicyclic) bond motifs is 2.